The van der Waals surface area contributed by atoms with Gasteiger partial charge in [0.25, 0.3) is 0 Å². The van der Waals surface area contributed by atoms with Crippen molar-refractivity contribution >= 4 is 16.9 Å². The second-order valence-corrected chi connectivity index (χ2v) is 5.60. The maximum Gasteiger partial charge on any atom is 0.155 e. The third-order valence-electron chi connectivity index (χ3n) is 3.98. The number of rotatable bonds is 2. The molecule has 1 fully saturated rings. The van der Waals surface area contributed by atoms with Crippen LogP contribution in [0.25, 0.3) is 22.4 Å². The standard InChI is InChI=1S/C16H18N6/c1-11-9-13(15-12-3-2-4-18-16(12)21-20-15)19-14(10-11)22-7-5-17-6-8-22/h2-4,9-10,17H,5-8H2,1H3,(H,18,20,21). The Bertz CT molecular complexity index is 803. The van der Waals surface area contributed by atoms with E-state index in [1.165, 1.54) is 5.56 Å². The van der Waals surface area contributed by atoms with Gasteiger partial charge in [-0.3, -0.25) is 5.10 Å². The molecule has 4 heterocycles. The Balaban J connectivity index is 1.80. The molecule has 0 bridgehead atoms. The highest BCUT2D eigenvalue weighted by Gasteiger charge is 2.15. The summed E-state index contributed by atoms with van der Waals surface area (Å²) >= 11 is 0. The molecule has 0 aromatic carbocycles. The first kappa shape index (κ1) is 13.2. The molecule has 0 saturated carbocycles. The lowest BCUT2D eigenvalue weighted by molar-refractivity contribution is 0.585. The normalized spacial score (nSPS) is 15.4. The number of anilines is 1. The van der Waals surface area contributed by atoms with Crippen LogP contribution in [0.3, 0.4) is 0 Å². The van der Waals surface area contributed by atoms with E-state index in [9.17, 15) is 0 Å². The van der Waals surface area contributed by atoms with Gasteiger partial charge in [0, 0.05) is 37.8 Å². The molecule has 0 radical (unpaired) electrons. The van der Waals surface area contributed by atoms with Gasteiger partial charge >= 0.3 is 0 Å². The number of nitrogens with one attached hydrogen (secondary N) is 2. The molecule has 0 unspecified atom stereocenters. The summed E-state index contributed by atoms with van der Waals surface area (Å²) in [5.41, 5.74) is 3.75. The number of pyridine rings is 2. The quantitative estimate of drug-likeness (QED) is 0.753. The smallest absolute Gasteiger partial charge is 0.155 e. The van der Waals surface area contributed by atoms with Gasteiger partial charge in [-0.15, -0.1) is 0 Å². The second-order valence-electron chi connectivity index (χ2n) is 5.60. The summed E-state index contributed by atoms with van der Waals surface area (Å²) < 4.78 is 0. The van der Waals surface area contributed by atoms with Crippen LogP contribution in [0, 0.1) is 6.92 Å². The van der Waals surface area contributed by atoms with Crippen LogP contribution in [0.2, 0.25) is 0 Å². The molecule has 6 heteroatoms. The molecule has 4 rings (SSSR count). The van der Waals surface area contributed by atoms with Crippen molar-refractivity contribution in [1.82, 2.24) is 25.5 Å². The number of hydrogen-bond donors (Lipinski definition) is 2. The molecule has 1 saturated heterocycles. The zero-order valence-corrected chi connectivity index (χ0v) is 12.5. The Morgan fingerprint density at radius 2 is 2.05 bits per heavy atom. The number of aromatic amines is 1. The van der Waals surface area contributed by atoms with Crippen molar-refractivity contribution in [3.8, 4) is 11.4 Å². The highest BCUT2D eigenvalue weighted by Crippen LogP contribution is 2.26. The third kappa shape index (κ3) is 2.31. The molecule has 2 N–H and O–H groups in total. The summed E-state index contributed by atoms with van der Waals surface area (Å²) in [6.45, 7) is 6.07. The zero-order valence-electron chi connectivity index (χ0n) is 12.5. The van der Waals surface area contributed by atoms with Crippen LogP contribution in [0.5, 0.6) is 0 Å². The van der Waals surface area contributed by atoms with E-state index in [0.717, 1.165) is 54.4 Å². The lowest BCUT2D eigenvalue weighted by atomic mass is 10.1. The van der Waals surface area contributed by atoms with Crippen LogP contribution in [0.1, 0.15) is 5.56 Å². The molecule has 6 nitrogen and oxygen atoms in total. The number of H-pyrrole nitrogens is 1. The fourth-order valence-corrected chi connectivity index (χ4v) is 2.88. The molecule has 1 aliphatic rings. The van der Waals surface area contributed by atoms with Crippen molar-refractivity contribution in [1.29, 1.82) is 0 Å². The summed E-state index contributed by atoms with van der Waals surface area (Å²) in [6, 6.07) is 8.17. The van der Waals surface area contributed by atoms with Crippen molar-refractivity contribution in [2.45, 2.75) is 6.92 Å². The number of aromatic nitrogens is 4. The molecular weight excluding hydrogens is 276 g/mol. The van der Waals surface area contributed by atoms with Crippen LogP contribution >= 0.6 is 0 Å². The minimum Gasteiger partial charge on any atom is -0.354 e. The fraction of sp³-hybridized carbons (Fsp3) is 0.312. The highest BCUT2D eigenvalue weighted by molar-refractivity contribution is 5.89. The van der Waals surface area contributed by atoms with Crippen LogP contribution in [0.4, 0.5) is 5.82 Å². The van der Waals surface area contributed by atoms with Crippen molar-refractivity contribution in [3.05, 3.63) is 36.0 Å². The molecule has 0 aliphatic carbocycles. The van der Waals surface area contributed by atoms with E-state index in [4.69, 9.17) is 4.98 Å². The van der Waals surface area contributed by atoms with Crippen LogP contribution in [-0.2, 0) is 0 Å². The summed E-state index contributed by atoms with van der Waals surface area (Å²) in [4.78, 5) is 11.5. The van der Waals surface area contributed by atoms with E-state index in [-0.39, 0.29) is 0 Å². The van der Waals surface area contributed by atoms with Gasteiger partial charge in [-0.05, 0) is 36.8 Å². The maximum absolute atomic E-state index is 4.84. The summed E-state index contributed by atoms with van der Waals surface area (Å²) in [7, 11) is 0. The highest BCUT2D eigenvalue weighted by atomic mass is 15.2. The van der Waals surface area contributed by atoms with Crippen molar-refractivity contribution in [2.24, 2.45) is 0 Å². The average Bonchev–Trinajstić information content (AvgIpc) is 2.99. The summed E-state index contributed by atoms with van der Waals surface area (Å²) in [6.07, 6.45) is 1.76. The molecule has 0 amide bonds. The monoisotopic (exact) mass is 294 g/mol. The molecule has 3 aromatic heterocycles. The minimum atomic E-state index is 0.796. The SMILES string of the molecule is Cc1cc(-c2n[nH]c3ncccc23)nc(N2CCNCC2)c1. The van der Waals surface area contributed by atoms with Crippen LogP contribution in [0.15, 0.2) is 30.5 Å². The first-order chi connectivity index (χ1) is 10.8. The van der Waals surface area contributed by atoms with Crippen LogP contribution in [-0.4, -0.2) is 46.3 Å². The minimum absolute atomic E-state index is 0.796. The van der Waals surface area contributed by atoms with Gasteiger partial charge in [-0.2, -0.15) is 5.10 Å². The molecule has 22 heavy (non-hydrogen) atoms. The first-order valence-corrected chi connectivity index (χ1v) is 7.55. The topological polar surface area (TPSA) is 69.7 Å². The van der Waals surface area contributed by atoms with Gasteiger partial charge in [-0.1, -0.05) is 0 Å². The Morgan fingerprint density at radius 1 is 1.18 bits per heavy atom. The predicted molar refractivity (Wildman–Crippen MR) is 86.9 cm³/mol. The van der Waals surface area contributed by atoms with Gasteiger partial charge in [0.1, 0.15) is 11.5 Å². The summed E-state index contributed by atoms with van der Waals surface area (Å²) in [5, 5.41) is 11.8. The Hall–Kier alpha value is -2.47. The van der Waals surface area contributed by atoms with E-state index in [1.54, 1.807) is 6.20 Å². The van der Waals surface area contributed by atoms with Gasteiger partial charge in [0.2, 0.25) is 0 Å². The first-order valence-electron chi connectivity index (χ1n) is 7.55. The molecular formula is C16H18N6. The van der Waals surface area contributed by atoms with E-state index in [0.29, 0.717) is 0 Å². The molecule has 0 spiro atoms. The van der Waals surface area contributed by atoms with Crippen LogP contribution < -0.4 is 10.2 Å². The number of aryl methyl sites for hydroxylation is 1. The molecule has 0 atom stereocenters. The molecule has 3 aromatic rings. The van der Waals surface area contributed by atoms with Gasteiger partial charge < -0.3 is 10.2 Å². The van der Waals surface area contributed by atoms with Gasteiger partial charge in [0.15, 0.2) is 5.65 Å². The van der Waals surface area contributed by atoms with E-state index in [1.807, 2.05) is 12.1 Å². The Morgan fingerprint density at radius 3 is 2.91 bits per heavy atom. The molecule has 1 aliphatic heterocycles. The van der Waals surface area contributed by atoms with Crippen molar-refractivity contribution < 1.29 is 0 Å². The fourth-order valence-electron chi connectivity index (χ4n) is 2.88. The predicted octanol–water partition coefficient (Wildman–Crippen LogP) is 1.74. The Kier molecular flexibility index (Phi) is 3.23. The molecule has 112 valence electrons. The van der Waals surface area contributed by atoms with Crippen molar-refractivity contribution in [3.63, 3.8) is 0 Å². The van der Waals surface area contributed by atoms with Crippen molar-refractivity contribution in [2.75, 3.05) is 31.1 Å². The largest absolute Gasteiger partial charge is 0.354 e. The number of nitrogens with zero attached hydrogens (tertiary/aromatic N) is 4. The average molecular weight is 294 g/mol. The maximum atomic E-state index is 4.84. The van der Waals surface area contributed by atoms with Gasteiger partial charge in [0.05, 0.1) is 5.69 Å². The van der Waals surface area contributed by atoms with E-state index >= 15 is 0 Å². The second kappa shape index (κ2) is 5.38. The van der Waals surface area contributed by atoms with Gasteiger partial charge in [-0.25, -0.2) is 9.97 Å². The third-order valence-corrected chi connectivity index (χ3v) is 3.98. The summed E-state index contributed by atoms with van der Waals surface area (Å²) in [5.74, 6) is 1.02. The number of hydrogen-bond acceptors (Lipinski definition) is 5. The van der Waals surface area contributed by atoms with E-state index < -0.39 is 0 Å². The lowest BCUT2D eigenvalue weighted by Gasteiger charge is -2.28. The number of fused-ring (bicyclic) bond motifs is 1. The number of piperazine rings is 1. The Labute approximate surface area is 128 Å². The lowest BCUT2D eigenvalue weighted by Crippen LogP contribution is -2.43. The zero-order chi connectivity index (χ0) is 14.9. The van der Waals surface area contributed by atoms with E-state index in [2.05, 4.69) is 44.5 Å².